The quantitative estimate of drug-likeness (QED) is 0.754. The highest BCUT2D eigenvalue weighted by Gasteiger charge is 2.54. The van der Waals surface area contributed by atoms with Crippen LogP contribution < -0.4 is 4.57 Å². The molecule has 0 radical (unpaired) electrons. The molecule has 0 spiro atoms. The standard InChI is InChI=1S/C18H20N5O4/c1-10(24)8-22-16(25)14-15(20(4)18(22)26)19-17-21(9-13-6-5-7-27-13)11(2)12(3)23(14)17/h5-7,14H,8-9H2,1-4H3/q+1. The number of rotatable bonds is 4. The van der Waals surface area contributed by atoms with Crippen LogP contribution in [0.2, 0.25) is 0 Å². The van der Waals surface area contributed by atoms with Crippen LogP contribution in [0, 0.1) is 13.8 Å². The van der Waals surface area contributed by atoms with Gasteiger partial charge in [0.05, 0.1) is 12.8 Å². The number of furan rings is 1. The van der Waals surface area contributed by atoms with Crippen LogP contribution in [0.4, 0.5) is 10.7 Å². The number of urea groups is 1. The zero-order chi connectivity index (χ0) is 19.5. The minimum absolute atomic E-state index is 0.243. The number of hydrogen-bond donors (Lipinski definition) is 0. The fourth-order valence-electron chi connectivity index (χ4n) is 3.62. The minimum atomic E-state index is -0.751. The van der Waals surface area contributed by atoms with Crippen molar-refractivity contribution in [2.45, 2.75) is 33.4 Å². The van der Waals surface area contributed by atoms with Crippen LogP contribution in [0.3, 0.4) is 0 Å². The molecule has 0 aromatic carbocycles. The van der Waals surface area contributed by atoms with Gasteiger partial charge in [-0.05, 0) is 32.9 Å². The summed E-state index contributed by atoms with van der Waals surface area (Å²) >= 11 is 0. The SMILES string of the molecule is CC(=O)CN1C(=O)C2C(=Nc3n2c(C)c(C)[n+]3Cc2ccco2)N(C)C1=O. The second kappa shape index (κ2) is 5.90. The number of nitrogens with zero attached hydrogens (tertiary/aromatic N) is 5. The lowest BCUT2D eigenvalue weighted by molar-refractivity contribution is -0.682. The molecule has 0 N–H and O–H groups in total. The third-order valence-electron chi connectivity index (χ3n) is 5.10. The van der Waals surface area contributed by atoms with Crippen molar-refractivity contribution in [2.75, 3.05) is 13.6 Å². The summed E-state index contributed by atoms with van der Waals surface area (Å²) in [6, 6.07) is 2.40. The first-order valence-corrected chi connectivity index (χ1v) is 8.62. The molecule has 27 heavy (non-hydrogen) atoms. The van der Waals surface area contributed by atoms with Gasteiger partial charge in [-0.3, -0.25) is 19.4 Å². The Kier molecular flexibility index (Phi) is 3.76. The highest BCUT2D eigenvalue weighted by Crippen LogP contribution is 2.35. The molecule has 4 rings (SSSR count). The summed E-state index contributed by atoms with van der Waals surface area (Å²) in [4.78, 5) is 44.1. The predicted octanol–water partition coefficient (Wildman–Crippen LogP) is 1.10. The van der Waals surface area contributed by atoms with Gasteiger partial charge in [-0.15, -0.1) is 0 Å². The van der Waals surface area contributed by atoms with Gasteiger partial charge < -0.3 is 4.42 Å². The van der Waals surface area contributed by atoms with Crippen LogP contribution in [0.5, 0.6) is 0 Å². The number of imide groups is 1. The maximum absolute atomic E-state index is 13.0. The van der Waals surface area contributed by atoms with Gasteiger partial charge in [0.25, 0.3) is 5.91 Å². The minimum Gasteiger partial charge on any atom is -0.466 e. The molecule has 2 aromatic heterocycles. The van der Waals surface area contributed by atoms with Crippen molar-refractivity contribution in [3.05, 3.63) is 35.5 Å². The summed E-state index contributed by atoms with van der Waals surface area (Å²) in [5, 5.41) is 0. The summed E-state index contributed by atoms with van der Waals surface area (Å²) in [7, 11) is 1.57. The molecule has 3 amide bonds. The topological polar surface area (TPSA) is 92.0 Å². The Morgan fingerprint density at radius 3 is 2.70 bits per heavy atom. The molecule has 2 aromatic rings. The molecule has 0 bridgehead atoms. The number of carbonyl (C=O) groups excluding carboxylic acids is 3. The van der Waals surface area contributed by atoms with Gasteiger partial charge in [0.1, 0.15) is 29.5 Å². The van der Waals surface area contributed by atoms with Crippen molar-refractivity contribution in [1.82, 2.24) is 14.4 Å². The molecule has 1 unspecified atom stereocenters. The number of amides is 3. The van der Waals surface area contributed by atoms with E-state index in [9.17, 15) is 14.4 Å². The molecule has 1 fully saturated rings. The number of fused-ring (bicyclic) bond motifs is 3. The summed E-state index contributed by atoms with van der Waals surface area (Å²) in [5.41, 5.74) is 1.83. The first kappa shape index (κ1) is 17.2. The van der Waals surface area contributed by atoms with Crippen LogP contribution >= 0.6 is 0 Å². The Labute approximate surface area is 155 Å². The Balaban J connectivity index is 1.82. The zero-order valence-electron chi connectivity index (χ0n) is 15.6. The van der Waals surface area contributed by atoms with Gasteiger partial charge in [0.2, 0.25) is 11.9 Å². The second-order valence-corrected chi connectivity index (χ2v) is 6.85. The van der Waals surface area contributed by atoms with E-state index in [0.29, 0.717) is 18.3 Å². The van der Waals surface area contributed by atoms with Crippen molar-refractivity contribution in [3.8, 4) is 0 Å². The number of likely N-dealkylation sites (N-methyl/N-ethyl adjacent to an activating group) is 1. The average molecular weight is 370 g/mol. The summed E-state index contributed by atoms with van der Waals surface area (Å²) < 4.78 is 9.23. The Morgan fingerprint density at radius 2 is 2.07 bits per heavy atom. The molecular weight excluding hydrogens is 350 g/mol. The number of amidine groups is 1. The average Bonchev–Trinajstić information content (AvgIpc) is 3.31. The second-order valence-electron chi connectivity index (χ2n) is 6.85. The van der Waals surface area contributed by atoms with E-state index in [-0.39, 0.29) is 12.3 Å². The normalized spacial score (nSPS) is 18.7. The molecule has 9 heteroatoms. The van der Waals surface area contributed by atoms with E-state index in [0.717, 1.165) is 22.0 Å². The first-order valence-electron chi connectivity index (χ1n) is 8.62. The molecule has 2 aliphatic heterocycles. The lowest BCUT2D eigenvalue weighted by Crippen LogP contribution is -2.58. The maximum Gasteiger partial charge on any atom is 0.402 e. The van der Waals surface area contributed by atoms with Crippen LogP contribution in [0.1, 0.15) is 30.1 Å². The van der Waals surface area contributed by atoms with Crippen LogP contribution in [-0.2, 0) is 16.1 Å². The molecule has 1 saturated heterocycles. The van der Waals surface area contributed by atoms with Crippen LogP contribution in [0.15, 0.2) is 27.8 Å². The van der Waals surface area contributed by atoms with E-state index in [1.807, 2.05) is 35.1 Å². The Hall–Kier alpha value is -3.23. The van der Waals surface area contributed by atoms with Gasteiger partial charge in [-0.1, -0.05) is 4.99 Å². The van der Waals surface area contributed by atoms with Crippen molar-refractivity contribution >= 4 is 29.5 Å². The van der Waals surface area contributed by atoms with E-state index < -0.39 is 18.0 Å². The molecule has 140 valence electrons. The Bertz CT molecular complexity index is 1000. The number of aromatic nitrogens is 2. The van der Waals surface area contributed by atoms with E-state index in [1.54, 1.807) is 13.3 Å². The third-order valence-corrected chi connectivity index (χ3v) is 5.10. The first-order chi connectivity index (χ1) is 12.8. The van der Waals surface area contributed by atoms with Crippen molar-refractivity contribution in [2.24, 2.45) is 4.99 Å². The number of ketones is 1. The van der Waals surface area contributed by atoms with Crippen LogP contribution in [0.25, 0.3) is 0 Å². The molecule has 0 saturated carbocycles. The fraction of sp³-hybridized carbons (Fsp3) is 0.389. The lowest BCUT2D eigenvalue weighted by atomic mass is 10.1. The summed E-state index contributed by atoms with van der Waals surface area (Å²) in [6.45, 7) is 5.44. The van der Waals surface area contributed by atoms with Gasteiger partial charge in [-0.25, -0.2) is 13.9 Å². The lowest BCUT2D eigenvalue weighted by Gasteiger charge is -2.32. The zero-order valence-corrected chi connectivity index (χ0v) is 15.6. The van der Waals surface area contributed by atoms with E-state index in [4.69, 9.17) is 4.42 Å². The summed E-state index contributed by atoms with van der Waals surface area (Å²) in [5.74, 6) is 1.03. The van der Waals surface area contributed by atoms with Crippen molar-refractivity contribution in [3.63, 3.8) is 0 Å². The molecule has 0 aliphatic carbocycles. The van der Waals surface area contributed by atoms with E-state index in [2.05, 4.69) is 4.99 Å². The number of carbonyl (C=O) groups is 3. The highest BCUT2D eigenvalue weighted by atomic mass is 16.3. The van der Waals surface area contributed by atoms with Gasteiger partial charge in [0.15, 0.2) is 0 Å². The molecule has 9 nitrogen and oxygen atoms in total. The van der Waals surface area contributed by atoms with Crippen LogP contribution in [-0.4, -0.2) is 51.5 Å². The van der Waals surface area contributed by atoms with E-state index >= 15 is 0 Å². The van der Waals surface area contributed by atoms with Gasteiger partial charge >= 0.3 is 12.0 Å². The Morgan fingerprint density at radius 1 is 1.33 bits per heavy atom. The number of Topliss-reactive ketones (excluding diaryl/α,β-unsaturated/α-hetero) is 1. The predicted molar refractivity (Wildman–Crippen MR) is 93.6 cm³/mol. The highest BCUT2D eigenvalue weighted by molar-refractivity contribution is 6.21. The molecular formula is C18H20N5O4+. The fourth-order valence-corrected chi connectivity index (χ4v) is 3.62. The van der Waals surface area contributed by atoms with Crippen molar-refractivity contribution < 1.29 is 23.4 Å². The smallest absolute Gasteiger partial charge is 0.402 e. The largest absolute Gasteiger partial charge is 0.466 e. The molecule has 1 atom stereocenters. The summed E-state index contributed by atoms with van der Waals surface area (Å²) in [6.07, 6.45) is 1.61. The molecule has 2 aliphatic rings. The number of imidazole rings is 1. The third kappa shape index (κ3) is 2.42. The number of hydrogen-bond acceptors (Lipinski definition) is 5. The van der Waals surface area contributed by atoms with Gasteiger partial charge in [0, 0.05) is 7.05 Å². The number of aliphatic imine (C=N–C) groups is 1. The maximum atomic E-state index is 13.0. The van der Waals surface area contributed by atoms with E-state index in [1.165, 1.54) is 11.8 Å². The molecule has 4 heterocycles. The van der Waals surface area contributed by atoms with Crippen molar-refractivity contribution in [1.29, 1.82) is 0 Å². The monoisotopic (exact) mass is 370 g/mol. The van der Waals surface area contributed by atoms with Gasteiger partial charge in [-0.2, -0.15) is 0 Å².